The van der Waals surface area contributed by atoms with Gasteiger partial charge in [-0.15, -0.1) is 0 Å². The zero-order chi connectivity index (χ0) is 14.8. The Labute approximate surface area is 119 Å². The Bertz CT molecular complexity index is 419. The molecule has 1 aromatic rings. The Balaban J connectivity index is 2.67. The molecule has 0 aliphatic rings. The van der Waals surface area contributed by atoms with E-state index in [1.165, 1.54) is 0 Å². The topological polar surface area (TPSA) is 64.6 Å². The van der Waals surface area contributed by atoms with Gasteiger partial charge < -0.3 is 14.8 Å². The average Bonchev–Trinajstić information content (AvgIpc) is 2.45. The molecular formula is C15H21NO4. The molecule has 1 aromatic carbocycles. The summed E-state index contributed by atoms with van der Waals surface area (Å²) in [7, 11) is 0. The van der Waals surface area contributed by atoms with E-state index in [0.717, 1.165) is 12.0 Å². The van der Waals surface area contributed by atoms with Crippen LogP contribution in [0.5, 0.6) is 0 Å². The van der Waals surface area contributed by atoms with E-state index in [9.17, 15) is 9.59 Å². The summed E-state index contributed by atoms with van der Waals surface area (Å²) in [6.45, 7) is 4.41. The summed E-state index contributed by atoms with van der Waals surface area (Å²) in [4.78, 5) is 23.4. The van der Waals surface area contributed by atoms with Gasteiger partial charge in [0.05, 0.1) is 6.61 Å². The van der Waals surface area contributed by atoms with Crippen molar-refractivity contribution >= 4 is 12.1 Å². The lowest BCUT2D eigenvalue weighted by Crippen LogP contribution is -2.39. The zero-order valence-corrected chi connectivity index (χ0v) is 11.9. The number of amides is 1. The molecule has 0 saturated heterocycles. The predicted octanol–water partition coefficient (Wildman–Crippen LogP) is 2.30. The molecule has 1 rings (SSSR count). The maximum absolute atomic E-state index is 12.0. The van der Waals surface area contributed by atoms with Crippen LogP contribution in [0.4, 0.5) is 4.79 Å². The highest BCUT2D eigenvalue weighted by Crippen LogP contribution is 2.07. The summed E-state index contributed by atoms with van der Waals surface area (Å²) in [6, 6.07) is 9.41. The summed E-state index contributed by atoms with van der Waals surface area (Å²) >= 11 is 0. The quantitative estimate of drug-likeness (QED) is 0.778. The first-order valence-corrected chi connectivity index (χ1v) is 6.82. The minimum Gasteiger partial charge on any atom is -0.435 e. The maximum Gasteiger partial charge on any atom is 0.509 e. The monoisotopic (exact) mass is 279 g/mol. The van der Waals surface area contributed by atoms with Crippen molar-refractivity contribution in [2.24, 2.45) is 0 Å². The Kier molecular flexibility index (Phi) is 7.17. The van der Waals surface area contributed by atoms with Crippen LogP contribution in [0.3, 0.4) is 0 Å². The van der Waals surface area contributed by atoms with Crippen LogP contribution in [-0.4, -0.2) is 31.3 Å². The van der Waals surface area contributed by atoms with Gasteiger partial charge in [-0.3, -0.25) is 4.79 Å². The van der Waals surface area contributed by atoms with Crippen LogP contribution < -0.4 is 5.32 Å². The molecule has 0 aliphatic heterocycles. The van der Waals surface area contributed by atoms with Crippen molar-refractivity contribution in [2.45, 2.75) is 32.8 Å². The first-order chi connectivity index (χ1) is 9.67. The van der Waals surface area contributed by atoms with E-state index in [1.807, 2.05) is 37.3 Å². The number of carbonyl (C=O) groups excluding carboxylic acids is 2. The molecule has 1 amide bonds. The summed E-state index contributed by atoms with van der Waals surface area (Å²) in [5.74, 6) is -0.302. The van der Waals surface area contributed by atoms with E-state index in [-0.39, 0.29) is 12.5 Å². The molecule has 0 aromatic heterocycles. The van der Waals surface area contributed by atoms with Crippen molar-refractivity contribution in [1.82, 2.24) is 5.32 Å². The molecule has 5 nitrogen and oxygen atoms in total. The number of rotatable bonds is 7. The number of hydrogen-bond acceptors (Lipinski definition) is 4. The van der Waals surface area contributed by atoms with Gasteiger partial charge in [0.2, 0.25) is 0 Å². The van der Waals surface area contributed by atoms with E-state index in [1.54, 1.807) is 6.92 Å². The summed E-state index contributed by atoms with van der Waals surface area (Å²) in [5, 5.41) is 2.73. The summed E-state index contributed by atoms with van der Waals surface area (Å²) in [6.07, 6.45) is -0.540. The Morgan fingerprint density at radius 2 is 1.90 bits per heavy atom. The normalized spacial score (nSPS) is 11.5. The predicted molar refractivity (Wildman–Crippen MR) is 75.3 cm³/mol. The molecule has 1 atom stereocenters. The molecule has 0 heterocycles. The van der Waals surface area contributed by atoms with Gasteiger partial charge in [-0.25, -0.2) is 4.79 Å². The highest BCUT2D eigenvalue weighted by Gasteiger charge is 2.23. The lowest BCUT2D eigenvalue weighted by Gasteiger charge is -2.17. The van der Waals surface area contributed by atoms with Crippen molar-refractivity contribution in [3.05, 3.63) is 35.9 Å². The highest BCUT2D eigenvalue weighted by molar-refractivity contribution is 5.83. The Morgan fingerprint density at radius 1 is 1.20 bits per heavy atom. The molecule has 110 valence electrons. The minimum atomic E-state index is -0.872. The van der Waals surface area contributed by atoms with E-state index in [2.05, 4.69) is 5.32 Å². The molecule has 0 fully saturated rings. The summed E-state index contributed by atoms with van der Waals surface area (Å²) in [5.41, 5.74) is 0.924. The first kappa shape index (κ1) is 16.0. The van der Waals surface area contributed by atoms with Crippen molar-refractivity contribution in [1.29, 1.82) is 0 Å². The lowest BCUT2D eigenvalue weighted by molar-refractivity contribution is -0.130. The van der Waals surface area contributed by atoms with Crippen molar-refractivity contribution in [3.63, 3.8) is 0 Å². The van der Waals surface area contributed by atoms with Crippen molar-refractivity contribution in [2.75, 3.05) is 13.2 Å². The molecule has 5 heteroatoms. The van der Waals surface area contributed by atoms with Gasteiger partial charge in [0.15, 0.2) is 6.10 Å². The van der Waals surface area contributed by atoms with E-state index in [0.29, 0.717) is 13.0 Å². The maximum atomic E-state index is 12.0. The van der Waals surface area contributed by atoms with Crippen LogP contribution in [-0.2, 0) is 20.7 Å². The molecule has 1 unspecified atom stereocenters. The molecule has 0 spiro atoms. The van der Waals surface area contributed by atoms with Gasteiger partial charge in [0, 0.05) is 13.0 Å². The molecule has 1 N–H and O–H groups in total. The van der Waals surface area contributed by atoms with Crippen LogP contribution in [0, 0.1) is 0 Å². The zero-order valence-electron chi connectivity index (χ0n) is 11.9. The smallest absolute Gasteiger partial charge is 0.435 e. The van der Waals surface area contributed by atoms with Crippen molar-refractivity contribution < 1.29 is 19.1 Å². The number of benzene rings is 1. The van der Waals surface area contributed by atoms with E-state index in [4.69, 9.17) is 9.47 Å². The highest BCUT2D eigenvalue weighted by atomic mass is 16.7. The Morgan fingerprint density at radius 3 is 2.50 bits per heavy atom. The van der Waals surface area contributed by atoms with Crippen LogP contribution in [0.1, 0.15) is 25.8 Å². The van der Waals surface area contributed by atoms with Gasteiger partial charge in [0.25, 0.3) is 5.91 Å². The summed E-state index contributed by atoms with van der Waals surface area (Å²) < 4.78 is 9.80. The van der Waals surface area contributed by atoms with Crippen LogP contribution >= 0.6 is 0 Å². The largest absolute Gasteiger partial charge is 0.509 e. The molecule has 20 heavy (non-hydrogen) atoms. The number of carbonyl (C=O) groups is 2. The van der Waals surface area contributed by atoms with Gasteiger partial charge in [-0.1, -0.05) is 37.3 Å². The van der Waals surface area contributed by atoms with Crippen molar-refractivity contribution in [3.8, 4) is 0 Å². The first-order valence-electron chi connectivity index (χ1n) is 6.82. The molecular weight excluding hydrogens is 258 g/mol. The number of nitrogens with one attached hydrogen (secondary N) is 1. The Hall–Kier alpha value is -2.04. The third-order valence-corrected chi connectivity index (χ3v) is 2.61. The standard InChI is InChI=1S/C15H21NO4/c1-3-10-16-14(17)13(20-15(18)19-4-2)11-12-8-6-5-7-9-12/h5-9,13H,3-4,10-11H2,1-2H3,(H,16,17). The fourth-order valence-electron chi connectivity index (χ4n) is 1.65. The third-order valence-electron chi connectivity index (χ3n) is 2.61. The van der Waals surface area contributed by atoms with E-state index < -0.39 is 12.3 Å². The average molecular weight is 279 g/mol. The van der Waals surface area contributed by atoms with Gasteiger partial charge in [-0.2, -0.15) is 0 Å². The SMILES string of the molecule is CCCNC(=O)C(Cc1ccccc1)OC(=O)OCC. The lowest BCUT2D eigenvalue weighted by atomic mass is 10.1. The fourth-order valence-corrected chi connectivity index (χ4v) is 1.65. The second-order valence-electron chi connectivity index (χ2n) is 4.27. The second kappa shape index (κ2) is 8.96. The molecule has 0 saturated carbocycles. The van der Waals surface area contributed by atoms with E-state index >= 15 is 0 Å². The van der Waals surface area contributed by atoms with Crippen LogP contribution in [0.15, 0.2) is 30.3 Å². The molecule has 0 aliphatic carbocycles. The second-order valence-corrected chi connectivity index (χ2v) is 4.27. The van der Waals surface area contributed by atoms with Gasteiger partial charge >= 0.3 is 6.16 Å². The molecule has 0 radical (unpaired) electrons. The third kappa shape index (κ3) is 5.73. The van der Waals surface area contributed by atoms with Crippen LogP contribution in [0.2, 0.25) is 0 Å². The van der Waals surface area contributed by atoms with Gasteiger partial charge in [0.1, 0.15) is 0 Å². The molecule has 0 bridgehead atoms. The fraction of sp³-hybridized carbons (Fsp3) is 0.467. The minimum absolute atomic E-state index is 0.216. The number of ether oxygens (including phenoxy) is 2. The van der Waals surface area contributed by atoms with Gasteiger partial charge in [-0.05, 0) is 18.9 Å². The van der Waals surface area contributed by atoms with Crippen LogP contribution in [0.25, 0.3) is 0 Å². The number of hydrogen-bond donors (Lipinski definition) is 1.